The predicted octanol–water partition coefficient (Wildman–Crippen LogP) is 3.27. The van der Waals surface area contributed by atoms with Gasteiger partial charge in [-0.25, -0.2) is 0 Å². The van der Waals surface area contributed by atoms with Gasteiger partial charge in [-0.3, -0.25) is 20.4 Å². The summed E-state index contributed by atoms with van der Waals surface area (Å²) in [5, 5.41) is 0. The van der Waals surface area contributed by atoms with Crippen molar-refractivity contribution in [3.8, 4) is 17.2 Å². The van der Waals surface area contributed by atoms with Crippen LogP contribution in [0.1, 0.15) is 28.8 Å². The van der Waals surface area contributed by atoms with E-state index in [1.54, 1.807) is 31.4 Å². The van der Waals surface area contributed by atoms with E-state index in [1.807, 2.05) is 37.3 Å². The number of nitrogens with one attached hydrogen (secondary N) is 2. The zero-order chi connectivity index (χ0) is 22.1. The third-order valence-electron chi connectivity index (χ3n) is 4.35. The van der Waals surface area contributed by atoms with E-state index in [4.69, 9.17) is 18.6 Å². The minimum absolute atomic E-state index is 0.0381. The van der Waals surface area contributed by atoms with Crippen molar-refractivity contribution in [2.75, 3.05) is 13.7 Å². The van der Waals surface area contributed by atoms with Crippen molar-refractivity contribution in [1.82, 2.24) is 10.9 Å². The first-order valence-corrected chi connectivity index (χ1v) is 9.75. The molecule has 0 spiro atoms. The highest BCUT2D eigenvalue weighted by atomic mass is 16.5. The first-order valence-electron chi connectivity index (χ1n) is 9.75. The Morgan fingerprint density at radius 1 is 0.871 bits per heavy atom. The number of methoxy groups -OCH3 is 1. The van der Waals surface area contributed by atoms with Gasteiger partial charge >= 0.3 is 5.91 Å². The van der Waals surface area contributed by atoms with Crippen molar-refractivity contribution < 1.29 is 28.2 Å². The Kier molecular flexibility index (Phi) is 7.53. The molecule has 0 saturated carbocycles. The number of carbonyl (C=O) groups excluding carboxylic acids is 2. The molecule has 2 N–H and O–H groups in total. The fourth-order valence-electron chi connectivity index (χ4n) is 2.77. The van der Waals surface area contributed by atoms with Gasteiger partial charge in [0.05, 0.1) is 7.11 Å². The topological polar surface area (TPSA) is 99.0 Å². The Morgan fingerprint density at radius 2 is 1.58 bits per heavy atom. The highest BCUT2D eigenvalue weighted by Gasteiger charge is 2.14. The minimum Gasteiger partial charge on any atom is -0.493 e. The van der Waals surface area contributed by atoms with Crippen LogP contribution < -0.4 is 25.1 Å². The van der Waals surface area contributed by atoms with Gasteiger partial charge in [-0.2, -0.15) is 0 Å². The third-order valence-corrected chi connectivity index (χ3v) is 4.35. The number of hydrogen-bond acceptors (Lipinski definition) is 6. The Bertz CT molecular complexity index is 1030. The number of carbonyl (C=O) groups is 2. The molecular formula is C23H24N2O6. The lowest BCUT2D eigenvalue weighted by atomic mass is 10.1. The van der Waals surface area contributed by atoms with Gasteiger partial charge in [0.15, 0.2) is 23.9 Å². The van der Waals surface area contributed by atoms with Crippen molar-refractivity contribution >= 4 is 11.8 Å². The van der Waals surface area contributed by atoms with Gasteiger partial charge in [-0.05, 0) is 42.3 Å². The Labute approximate surface area is 180 Å². The monoisotopic (exact) mass is 424 g/mol. The van der Waals surface area contributed by atoms with Gasteiger partial charge < -0.3 is 18.6 Å². The number of benzene rings is 2. The maximum atomic E-state index is 12.2. The zero-order valence-corrected chi connectivity index (χ0v) is 17.3. The summed E-state index contributed by atoms with van der Waals surface area (Å²) in [5.74, 6) is 1.19. The minimum atomic E-state index is -0.592. The fourth-order valence-corrected chi connectivity index (χ4v) is 2.77. The summed E-state index contributed by atoms with van der Waals surface area (Å²) < 4.78 is 21.9. The molecular weight excluding hydrogens is 400 g/mol. The summed E-state index contributed by atoms with van der Waals surface area (Å²) in [6.45, 7) is 1.89. The number of rotatable bonds is 9. The summed E-state index contributed by atoms with van der Waals surface area (Å²) in [6.07, 6.45) is 0.788. The maximum Gasteiger partial charge on any atom is 0.305 e. The molecule has 8 heteroatoms. The van der Waals surface area contributed by atoms with E-state index in [0.29, 0.717) is 23.0 Å². The number of aryl methyl sites for hydroxylation is 1. The normalized spacial score (nSPS) is 10.3. The first kappa shape index (κ1) is 21.8. The molecule has 0 aliphatic carbocycles. The molecule has 0 aliphatic rings. The first-order chi connectivity index (χ1) is 15.1. The van der Waals surface area contributed by atoms with Gasteiger partial charge in [0.25, 0.3) is 5.91 Å². The molecule has 31 heavy (non-hydrogen) atoms. The second-order valence-electron chi connectivity index (χ2n) is 6.46. The van der Waals surface area contributed by atoms with Crippen LogP contribution in [-0.2, 0) is 17.8 Å². The number of ether oxygens (including phenoxy) is 3. The molecule has 1 aromatic heterocycles. The van der Waals surface area contributed by atoms with Crippen molar-refractivity contribution in [2.24, 2.45) is 0 Å². The summed E-state index contributed by atoms with van der Waals surface area (Å²) in [7, 11) is 1.55. The van der Waals surface area contributed by atoms with E-state index in [0.717, 1.165) is 12.0 Å². The molecule has 0 radical (unpaired) electrons. The van der Waals surface area contributed by atoms with E-state index in [1.165, 1.54) is 6.07 Å². The van der Waals surface area contributed by atoms with Crippen LogP contribution in [0.2, 0.25) is 0 Å². The average Bonchev–Trinajstić information content (AvgIpc) is 3.29. The largest absolute Gasteiger partial charge is 0.493 e. The van der Waals surface area contributed by atoms with Gasteiger partial charge in [0, 0.05) is 0 Å². The summed E-state index contributed by atoms with van der Waals surface area (Å²) in [5.41, 5.74) is 5.59. The molecule has 162 valence electrons. The smallest absolute Gasteiger partial charge is 0.305 e. The molecule has 3 aromatic rings. The van der Waals surface area contributed by atoms with Crippen LogP contribution in [0, 0.1) is 0 Å². The number of amides is 2. The quantitative estimate of drug-likeness (QED) is 0.512. The molecule has 0 aliphatic heterocycles. The summed E-state index contributed by atoms with van der Waals surface area (Å²) in [4.78, 5) is 24.2. The molecule has 1 heterocycles. The molecule has 0 fully saturated rings. The Balaban J connectivity index is 1.45. The Morgan fingerprint density at radius 3 is 2.32 bits per heavy atom. The second kappa shape index (κ2) is 10.7. The van der Waals surface area contributed by atoms with Crippen LogP contribution in [0.4, 0.5) is 0 Å². The summed E-state index contributed by atoms with van der Waals surface area (Å²) >= 11 is 0. The third kappa shape index (κ3) is 6.02. The van der Waals surface area contributed by atoms with Gasteiger partial charge in [0.1, 0.15) is 18.1 Å². The molecule has 0 unspecified atom stereocenters. The lowest BCUT2D eigenvalue weighted by Gasteiger charge is -2.10. The van der Waals surface area contributed by atoms with E-state index in [9.17, 15) is 9.59 Å². The molecule has 0 saturated heterocycles. The molecule has 0 atom stereocenters. The van der Waals surface area contributed by atoms with E-state index in [-0.39, 0.29) is 19.0 Å². The van der Waals surface area contributed by atoms with Crippen LogP contribution in [0.15, 0.2) is 65.1 Å². The van der Waals surface area contributed by atoms with Gasteiger partial charge in [-0.15, -0.1) is 0 Å². The Hall–Kier alpha value is -3.94. The summed E-state index contributed by atoms with van der Waals surface area (Å²) in [6, 6.07) is 17.8. The van der Waals surface area contributed by atoms with E-state index < -0.39 is 11.8 Å². The van der Waals surface area contributed by atoms with Crippen LogP contribution in [-0.4, -0.2) is 25.5 Å². The van der Waals surface area contributed by atoms with Crippen LogP contribution in [0.5, 0.6) is 17.2 Å². The van der Waals surface area contributed by atoms with Crippen molar-refractivity contribution in [1.29, 1.82) is 0 Å². The van der Waals surface area contributed by atoms with Crippen LogP contribution >= 0.6 is 0 Å². The number of hydrazine groups is 1. The number of hydrogen-bond donors (Lipinski definition) is 2. The van der Waals surface area contributed by atoms with Crippen LogP contribution in [0.3, 0.4) is 0 Å². The maximum absolute atomic E-state index is 12.2. The standard InChI is InChI=1S/C23H24N2O6/c1-3-16-8-4-5-9-18(16)30-15-22(26)24-25-23(27)21-13-12-17(31-21)14-29-20-11-7-6-10-19(20)28-2/h4-13H,3,14-15H2,1-2H3,(H,24,26)(H,25,27). The second-order valence-corrected chi connectivity index (χ2v) is 6.46. The molecule has 2 aromatic carbocycles. The van der Waals surface area contributed by atoms with Crippen molar-refractivity contribution in [2.45, 2.75) is 20.0 Å². The highest BCUT2D eigenvalue weighted by Crippen LogP contribution is 2.26. The van der Waals surface area contributed by atoms with Gasteiger partial charge in [-0.1, -0.05) is 37.3 Å². The van der Waals surface area contributed by atoms with Crippen molar-refractivity contribution in [3.05, 3.63) is 77.7 Å². The molecule has 3 rings (SSSR count). The van der Waals surface area contributed by atoms with Crippen LogP contribution in [0.25, 0.3) is 0 Å². The fraction of sp³-hybridized carbons (Fsp3) is 0.217. The van der Waals surface area contributed by atoms with E-state index >= 15 is 0 Å². The zero-order valence-electron chi connectivity index (χ0n) is 17.3. The lowest BCUT2D eigenvalue weighted by molar-refractivity contribution is -0.123. The average molecular weight is 424 g/mol. The lowest BCUT2D eigenvalue weighted by Crippen LogP contribution is -2.43. The van der Waals surface area contributed by atoms with E-state index in [2.05, 4.69) is 10.9 Å². The SMILES string of the molecule is CCc1ccccc1OCC(=O)NNC(=O)c1ccc(COc2ccccc2OC)o1. The highest BCUT2D eigenvalue weighted by molar-refractivity contribution is 5.93. The molecule has 8 nitrogen and oxygen atoms in total. The number of furan rings is 1. The predicted molar refractivity (Wildman–Crippen MR) is 113 cm³/mol. The molecule has 2 amide bonds. The molecule has 0 bridgehead atoms. The number of para-hydroxylation sites is 3. The van der Waals surface area contributed by atoms with Crippen molar-refractivity contribution in [3.63, 3.8) is 0 Å². The van der Waals surface area contributed by atoms with Gasteiger partial charge in [0.2, 0.25) is 0 Å².